The van der Waals surface area contributed by atoms with Crippen LogP contribution in [0.25, 0.3) is 0 Å². The normalized spacial score (nSPS) is 10.1. The van der Waals surface area contributed by atoms with Crippen LogP contribution in [0.4, 0.5) is 18.9 Å². The zero-order chi connectivity index (χ0) is 13.3. The summed E-state index contributed by atoms with van der Waals surface area (Å²) in [6, 6.07) is 0. The molecule has 6 nitrogen and oxygen atoms in total. The van der Waals surface area contributed by atoms with Crippen LogP contribution in [0.1, 0.15) is 10.4 Å². The average molecular weight is 251 g/mol. The number of rotatable bonds is 3. The molecule has 0 bridgehead atoms. The number of benzene rings is 1. The van der Waals surface area contributed by atoms with Gasteiger partial charge in [-0.3, -0.25) is 10.1 Å². The maximum Gasteiger partial charge on any atom is 0.346 e. The average Bonchev–Trinajstić information content (AvgIpc) is 2.22. The van der Waals surface area contributed by atoms with Crippen LogP contribution in [-0.4, -0.2) is 23.1 Å². The van der Waals surface area contributed by atoms with Crippen LogP contribution in [0.2, 0.25) is 0 Å². The van der Waals surface area contributed by atoms with Crippen molar-refractivity contribution >= 4 is 11.7 Å². The van der Waals surface area contributed by atoms with Gasteiger partial charge in [0.25, 0.3) is 0 Å². The molecule has 1 aromatic rings. The van der Waals surface area contributed by atoms with Crippen LogP contribution in [0.5, 0.6) is 5.75 Å². The smallest absolute Gasteiger partial charge is 0.346 e. The molecule has 0 aliphatic carbocycles. The van der Waals surface area contributed by atoms with Gasteiger partial charge in [-0.15, -0.1) is 0 Å². The van der Waals surface area contributed by atoms with Crippen molar-refractivity contribution in [2.75, 3.05) is 7.11 Å². The molecule has 0 amide bonds. The van der Waals surface area contributed by atoms with Crippen LogP contribution in [0.15, 0.2) is 0 Å². The number of ether oxygens (including phenoxy) is 1. The Bertz CT molecular complexity index is 517. The van der Waals surface area contributed by atoms with Crippen LogP contribution in [-0.2, 0) is 0 Å². The van der Waals surface area contributed by atoms with E-state index in [2.05, 4.69) is 4.74 Å². The summed E-state index contributed by atoms with van der Waals surface area (Å²) in [5.41, 5.74) is -3.38. The molecule has 0 aliphatic rings. The largest absolute Gasteiger partial charge is 0.491 e. The minimum Gasteiger partial charge on any atom is -0.491 e. The van der Waals surface area contributed by atoms with Gasteiger partial charge in [-0.05, 0) is 0 Å². The van der Waals surface area contributed by atoms with Gasteiger partial charge in [0, 0.05) is 0 Å². The number of methoxy groups -OCH3 is 1. The highest BCUT2D eigenvalue weighted by molar-refractivity contribution is 5.93. The summed E-state index contributed by atoms with van der Waals surface area (Å²) in [7, 11) is 0.755. The molecular formula is C8H4F3NO5. The van der Waals surface area contributed by atoms with Crippen molar-refractivity contribution in [1.82, 2.24) is 0 Å². The number of carbonyl (C=O) groups is 1. The highest BCUT2D eigenvalue weighted by Gasteiger charge is 2.36. The van der Waals surface area contributed by atoms with E-state index in [4.69, 9.17) is 5.11 Å². The Kier molecular flexibility index (Phi) is 3.21. The van der Waals surface area contributed by atoms with E-state index in [9.17, 15) is 28.1 Å². The minimum atomic E-state index is -2.16. The summed E-state index contributed by atoms with van der Waals surface area (Å²) >= 11 is 0. The summed E-state index contributed by atoms with van der Waals surface area (Å²) in [6.07, 6.45) is 0. The number of carboxylic acids is 1. The fourth-order valence-electron chi connectivity index (χ4n) is 1.17. The van der Waals surface area contributed by atoms with Gasteiger partial charge < -0.3 is 9.84 Å². The molecule has 0 unspecified atom stereocenters. The Balaban J connectivity index is 3.84. The number of carboxylic acid groups (broad SMARTS) is 1. The maximum atomic E-state index is 13.3. The van der Waals surface area contributed by atoms with Gasteiger partial charge in [-0.2, -0.15) is 8.78 Å². The van der Waals surface area contributed by atoms with Crippen LogP contribution in [0, 0.1) is 27.6 Å². The number of nitro groups is 1. The highest BCUT2D eigenvalue weighted by atomic mass is 19.2. The molecule has 1 N–H and O–H groups in total. The first-order chi connectivity index (χ1) is 7.82. The van der Waals surface area contributed by atoms with Crippen LogP contribution >= 0.6 is 0 Å². The lowest BCUT2D eigenvalue weighted by molar-refractivity contribution is -0.388. The lowest BCUT2D eigenvalue weighted by Crippen LogP contribution is -2.12. The second-order valence-corrected chi connectivity index (χ2v) is 2.76. The van der Waals surface area contributed by atoms with Gasteiger partial charge in [-0.25, -0.2) is 9.18 Å². The zero-order valence-electron chi connectivity index (χ0n) is 8.16. The Morgan fingerprint density at radius 3 is 2.18 bits per heavy atom. The molecule has 92 valence electrons. The van der Waals surface area contributed by atoms with Crippen LogP contribution in [0.3, 0.4) is 0 Å². The minimum absolute atomic E-state index is 0.755. The molecule has 9 heteroatoms. The van der Waals surface area contributed by atoms with Crippen molar-refractivity contribution in [3.05, 3.63) is 33.1 Å². The van der Waals surface area contributed by atoms with Gasteiger partial charge in [0.1, 0.15) is 0 Å². The molecule has 0 saturated heterocycles. The number of hydrogen-bond donors (Lipinski definition) is 1. The summed E-state index contributed by atoms with van der Waals surface area (Å²) < 4.78 is 43.7. The van der Waals surface area contributed by atoms with E-state index in [0.29, 0.717) is 0 Å². The van der Waals surface area contributed by atoms with Gasteiger partial charge in [-0.1, -0.05) is 0 Å². The third-order valence-electron chi connectivity index (χ3n) is 1.86. The molecule has 0 saturated carbocycles. The fourth-order valence-corrected chi connectivity index (χ4v) is 1.17. The van der Waals surface area contributed by atoms with Crippen LogP contribution < -0.4 is 4.74 Å². The van der Waals surface area contributed by atoms with Gasteiger partial charge >= 0.3 is 11.7 Å². The molecule has 0 atom stereocenters. The molecule has 1 rings (SSSR count). The first-order valence-corrected chi connectivity index (χ1v) is 3.95. The second-order valence-electron chi connectivity index (χ2n) is 2.76. The van der Waals surface area contributed by atoms with Crippen molar-refractivity contribution in [2.45, 2.75) is 0 Å². The van der Waals surface area contributed by atoms with Crippen molar-refractivity contribution in [2.24, 2.45) is 0 Å². The number of nitro benzene ring substituents is 1. The van der Waals surface area contributed by atoms with Crippen molar-refractivity contribution < 1.29 is 32.7 Å². The summed E-state index contributed by atoms with van der Waals surface area (Å²) in [5.74, 6) is -9.38. The topological polar surface area (TPSA) is 89.7 Å². The third kappa shape index (κ3) is 1.86. The molecule has 17 heavy (non-hydrogen) atoms. The number of nitrogens with zero attached hydrogens (tertiary/aromatic N) is 1. The first kappa shape index (κ1) is 12.7. The molecule has 0 heterocycles. The van der Waals surface area contributed by atoms with Crippen molar-refractivity contribution in [3.8, 4) is 5.75 Å². The summed E-state index contributed by atoms with van der Waals surface area (Å²) in [6.45, 7) is 0. The van der Waals surface area contributed by atoms with E-state index in [1.54, 1.807) is 0 Å². The lowest BCUT2D eigenvalue weighted by Gasteiger charge is -2.07. The fraction of sp³-hybridized carbons (Fsp3) is 0.125. The Labute approximate surface area is 91.4 Å². The summed E-state index contributed by atoms with van der Waals surface area (Å²) in [4.78, 5) is 19.5. The predicted octanol–water partition coefficient (Wildman–Crippen LogP) is 1.72. The molecular weight excluding hydrogens is 247 g/mol. The van der Waals surface area contributed by atoms with E-state index in [0.717, 1.165) is 7.11 Å². The molecule has 0 spiro atoms. The number of hydrogen-bond acceptors (Lipinski definition) is 4. The quantitative estimate of drug-likeness (QED) is 0.501. The van der Waals surface area contributed by atoms with Gasteiger partial charge in [0.05, 0.1) is 12.0 Å². The standard InChI is InChI=1S/C8H4F3NO5/c1-17-7-4(10)3(9)2(8(13)14)6(5(7)11)12(15)16/h1H3,(H,13,14). The first-order valence-electron chi connectivity index (χ1n) is 3.95. The van der Waals surface area contributed by atoms with E-state index in [1.807, 2.05) is 0 Å². The number of halogens is 3. The zero-order valence-corrected chi connectivity index (χ0v) is 8.16. The Morgan fingerprint density at radius 2 is 1.82 bits per heavy atom. The predicted molar refractivity (Wildman–Crippen MR) is 46.5 cm³/mol. The molecule has 0 aromatic heterocycles. The molecule has 0 radical (unpaired) electrons. The highest BCUT2D eigenvalue weighted by Crippen LogP contribution is 2.35. The SMILES string of the molecule is COc1c(F)c(F)c(C(=O)O)c([N+](=O)[O-])c1F. The van der Waals surface area contributed by atoms with E-state index >= 15 is 0 Å². The van der Waals surface area contributed by atoms with Crippen molar-refractivity contribution in [1.29, 1.82) is 0 Å². The summed E-state index contributed by atoms with van der Waals surface area (Å²) in [5, 5.41) is 18.9. The third-order valence-corrected chi connectivity index (χ3v) is 1.86. The second kappa shape index (κ2) is 4.28. The molecule has 0 fully saturated rings. The van der Waals surface area contributed by atoms with Crippen molar-refractivity contribution in [3.63, 3.8) is 0 Å². The number of aromatic carboxylic acids is 1. The van der Waals surface area contributed by atoms with E-state index in [-0.39, 0.29) is 0 Å². The Morgan fingerprint density at radius 1 is 1.29 bits per heavy atom. The molecule has 1 aromatic carbocycles. The van der Waals surface area contributed by atoms with Gasteiger partial charge in [0.2, 0.25) is 17.4 Å². The monoisotopic (exact) mass is 251 g/mol. The van der Waals surface area contributed by atoms with E-state index < -0.39 is 45.3 Å². The Hall–Kier alpha value is -2.32. The lowest BCUT2D eigenvalue weighted by atomic mass is 10.1. The molecule has 0 aliphatic heterocycles. The van der Waals surface area contributed by atoms with E-state index in [1.165, 1.54) is 0 Å². The maximum absolute atomic E-state index is 13.3. The van der Waals surface area contributed by atoms with Gasteiger partial charge in [0.15, 0.2) is 11.4 Å².